The van der Waals surface area contributed by atoms with E-state index in [2.05, 4.69) is 20.8 Å². The van der Waals surface area contributed by atoms with Gasteiger partial charge in [0.05, 0.1) is 0 Å². The number of rotatable bonds is 3. The van der Waals surface area contributed by atoms with E-state index < -0.39 is 5.97 Å². The van der Waals surface area contributed by atoms with Crippen molar-refractivity contribution in [2.45, 2.75) is 6.04 Å². The second-order valence-corrected chi connectivity index (χ2v) is 4.89. The maximum Gasteiger partial charge on any atom is 0.352 e. The van der Waals surface area contributed by atoms with Crippen molar-refractivity contribution in [1.29, 1.82) is 0 Å². The van der Waals surface area contributed by atoms with E-state index in [4.69, 9.17) is 5.11 Å². The van der Waals surface area contributed by atoms with E-state index in [-0.39, 0.29) is 11.7 Å². The molecule has 0 radical (unpaired) electrons. The van der Waals surface area contributed by atoms with E-state index in [0.29, 0.717) is 5.95 Å². The first-order valence-corrected chi connectivity index (χ1v) is 6.33. The van der Waals surface area contributed by atoms with Gasteiger partial charge in [0.25, 0.3) is 0 Å². The number of carbonyl (C=O) groups is 1. The maximum absolute atomic E-state index is 11.2. The Morgan fingerprint density at radius 3 is 2.67 bits per heavy atom. The molecule has 1 atom stereocenters. The van der Waals surface area contributed by atoms with Crippen molar-refractivity contribution >= 4 is 17.6 Å². The summed E-state index contributed by atoms with van der Waals surface area (Å²) >= 11 is 0. The first-order chi connectivity index (χ1) is 10.1. The number of benzene rings is 1. The number of allylic oxidation sites excluding steroid dienone is 1. The Labute approximate surface area is 120 Å². The fourth-order valence-corrected chi connectivity index (χ4v) is 2.19. The Balaban J connectivity index is 2.02. The molecule has 2 aromatic rings. The van der Waals surface area contributed by atoms with Gasteiger partial charge in [0.2, 0.25) is 5.95 Å². The Hall–Kier alpha value is -2.90. The van der Waals surface area contributed by atoms with Crippen LogP contribution in [0.5, 0.6) is 0 Å². The number of carboxylic acid groups (broad SMARTS) is 1. The van der Waals surface area contributed by atoms with Crippen molar-refractivity contribution in [3.8, 4) is 0 Å². The van der Waals surface area contributed by atoms with Crippen molar-refractivity contribution in [2.75, 3.05) is 24.3 Å². The molecule has 0 fully saturated rings. The third-order valence-corrected chi connectivity index (χ3v) is 3.31. The van der Waals surface area contributed by atoms with Gasteiger partial charge in [-0.25, -0.2) is 4.79 Å². The van der Waals surface area contributed by atoms with Gasteiger partial charge in [-0.2, -0.15) is 4.68 Å². The van der Waals surface area contributed by atoms with Crippen LogP contribution in [0.15, 0.2) is 36.0 Å². The Morgan fingerprint density at radius 1 is 1.33 bits per heavy atom. The van der Waals surface area contributed by atoms with E-state index in [1.165, 1.54) is 0 Å². The molecule has 0 saturated heterocycles. The molecular formula is C13H14N6O2. The van der Waals surface area contributed by atoms with Crippen LogP contribution in [0.25, 0.3) is 0 Å². The molecule has 1 aliphatic heterocycles. The predicted molar refractivity (Wildman–Crippen MR) is 76.1 cm³/mol. The molecule has 0 spiro atoms. The minimum Gasteiger partial charge on any atom is -0.477 e. The first-order valence-electron chi connectivity index (χ1n) is 6.33. The summed E-state index contributed by atoms with van der Waals surface area (Å²) in [4.78, 5) is 13.2. The number of fused-ring (bicyclic) bond motifs is 1. The summed E-state index contributed by atoms with van der Waals surface area (Å²) in [5.41, 5.74) is 2.04. The van der Waals surface area contributed by atoms with Crippen LogP contribution in [0.2, 0.25) is 0 Å². The van der Waals surface area contributed by atoms with Crippen LogP contribution >= 0.6 is 0 Å². The van der Waals surface area contributed by atoms with Gasteiger partial charge in [-0.1, -0.05) is 17.2 Å². The molecule has 8 heteroatoms. The number of nitrogens with one attached hydrogen (secondary N) is 1. The lowest BCUT2D eigenvalue weighted by Crippen LogP contribution is -2.24. The van der Waals surface area contributed by atoms with Gasteiger partial charge >= 0.3 is 5.97 Å². The first kappa shape index (κ1) is 13.1. The highest BCUT2D eigenvalue weighted by molar-refractivity contribution is 5.90. The Morgan fingerprint density at radius 2 is 2.05 bits per heavy atom. The number of nitrogens with zero attached hydrogens (tertiary/aromatic N) is 5. The zero-order valence-electron chi connectivity index (χ0n) is 11.6. The second kappa shape index (κ2) is 4.89. The van der Waals surface area contributed by atoms with Gasteiger partial charge in [-0.3, -0.25) is 0 Å². The molecule has 0 saturated carbocycles. The summed E-state index contributed by atoms with van der Waals surface area (Å²) in [7, 11) is 3.92. The number of tetrazole rings is 1. The summed E-state index contributed by atoms with van der Waals surface area (Å²) in [5.74, 6) is -0.726. The molecule has 0 aliphatic carbocycles. The molecule has 1 aliphatic rings. The van der Waals surface area contributed by atoms with Crippen LogP contribution < -0.4 is 10.2 Å². The Kier molecular flexibility index (Phi) is 3.05. The zero-order chi connectivity index (χ0) is 15.0. The van der Waals surface area contributed by atoms with E-state index in [0.717, 1.165) is 11.3 Å². The third kappa shape index (κ3) is 2.31. The minimum absolute atomic E-state index is 0.0685. The molecule has 0 amide bonds. The summed E-state index contributed by atoms with van der Waals surface area (Å²) < 4.78 is 1.55. The van der Waals surface area contributed by atoms with E-state index in [1.54, 1.807) is 10.8 Å². The molecule has 8 nitrogen and oxygen atoms in total. The fourth-order valence-electron chi connectivity index (χ4n) is 2.19. The quantitative estimate of drug-likeness (QED) is 0.858. The highest BCUT2D eigenvalue weighted by atomic mass is 16.4. The molecule has 2 N–H and O–H groups in total. The molecule has 0 bridgehead atoms. The molecule has 3 rings (SSSR count). The highest BCUT2D eigenvalue weighted by Gasteiger charge is 2.26. The van der Waals surface area contributed by atoms with E-state index >= 15 is 0 Å². The van der Waals surface area contributed by atoms with Crippen molar-refractivity contribution in [3.63, 3.8) is 0 Å². The average Bonchev–Trinajstić information content (AvgIpc) is 2.94. The summed E-state index contributed by atoms with van der Waals surface area (Å²) in [5, 5.41) is 23.1. The lowest BCUT2D eigenvalue weighted by Gasteiger charge is -2.22. The summed E-state index contributed by atoms with van der Waals surface area (Å²) in [6.45, 7) is 0. The third-order valence-electron chi connectivity index (χ3n) is 3.31. The predicted octanol–water partition coefficient (Wildman–Crippen LogP) is 0.722. The van der Waals surface area contributed by atoms with Crippen LogP contribution in [-0.2, 0) is 4.79 Å². The number of hydrogen-bond donors (Lipinski definition) is 2. The van der Waals surface area contributed by atoms with Gasteiger partial charge in [-0.05, 0) is 34.2 Å². The maximum atomic E-state index is 11.2. The van der Waals surface area contributed by atoms with Crippen LogP contribution in [-0.4, -0.2) is 45.4 Å². The van der Waals surface area contributed by atoms with Crippen molar-refractivity contribution < 1.29 is 9.90 Å². The summed E-state index contributed by atoms with van der Waals surface area (Å²) in [6.07, 6.45) is 1.59. The normalized spacial score (nSPS) is 16.7. The molecule has 1 aromatic heterocycles. The van der Waals surface area contributed by atoms with Gasteiger partial charge in [0.1, 0.15) is 11.7 Å². The minimum atomic E-state index is -1.04. The number of aromatic nitrogens is 4. The van der Waals surface area contributed by atoms with Crippen LogP contribution in [0, 0.1) is 0 Å². The molecule has 2 heterocycles. The van der Waals surface area contributed by atoms with Crippen LogP contribution in [0.4, 0.5) is 11.6 Å². The molecule has 1 aromatic carbocycles. The van der Waals surface area contributed by atoms with Crippen LogP contribution in [0.3, 0.4) is 0 Å². The second-order valence-electron chi connectivity index (χ2n) is 4.89. The van der Waals surface area contributed by atoms with Gasteiger partial charge in [0.15, 0.2) is 0 Å². The standard InChI is InChI=1S/C13H14N6O2/c1-18(2)9-5-3-8(4-6-9)11-7-10(12(20)21)14-13-15-16-17-19(11)13/h3-7,11H,1-2H3,(H,20,21)(H,14,15,17). The smallest absolute Gasteiger partial charge is 0.352 e. The van der Waals surface area contributed by atoms with Crippen LogP contribution in [0.1, 0.15) is 11.6 Å². The average molecular weight is 286 g/mol. The fraction of sp³-hybridized carbons (Fsp3) is 0.231. The van der Waals surface area contributed by atoms with Gasteiger partial charge < -0.3 is 15.3 Å². The number of anilines is 2. The molecule has 108 valence electrons. The van der Waals surface area contributed by atoms with Gasteiger partial charge in [-0.15, -0.1) is 0 Å². The highest BCUT2D eigenvalue weighted by Crippen LogP contribution is 2.28. The summed E-state index contributed by atoms with van der Waals surface area (Å²) in [6, 6.07) is 7.46. The van der Waals surface area contributed by atoms with Gasteiger partial charge in [0, 0.05) is 19.8 Å². The van der Waals surface area contributed by atoms with Crippen molar-refractivity contribution in [1.82, 2.24) is 20.2 Å². The SMILES string of the molecule is CN(C)c1ccc(C2C=C(C(=O)O)Nc3nnnn32)cc1. The number of hydrogen-bond acceptors (Lipinski definition) is 6. The lowest BCUT2D eigenvalue weighted by molar-refractivity contribution is -0.132. The zero-order valence-corrected chi connectivity index (χ0v) is 11.6. The monoisotopic (exact) mass is 286 g/mol. The molecule has 1 unspecified atom stereocenters. The van der Waals surface area contributed by atoms with E-state index in [9.17, 15) is 4.79 Å². The topological polar surface area (TPSA) is 96.2 Å². The number of carboxylic acids is 1. The lowest BCUT2D eigenvalue weighted by atomic mass is 10.0. The largest absolute Gasteiger partial charge is 0.477 e. The van der Waals surface area contributed by atoms with Crippen molar-refractivity contribution in [3.05, 3.63) is 41.6 Å². The number of aliphatic carboxylic acids is 1. The Bertz CT molecular complexity index is 704. The van der Waals surface area contributed by atoms with Crippen molar-refractivity contribution in [2.24, 2.45) is 0 Å². The van der Waals surface area contributed by atoms with E-state index in [1.807, 2.05) is 43.3 Å². The molecular weight excluding hydrogens is 272 g/mol. The molecule has 21 heavy (non-hydrogen) atoms.